The third-order valence-electron chi connectivity index (χ3n) is 5.59. The molecule has 8 heteroatoms. The Kier molecular flexibility index (Phi) is 9.99. The van der Waals surface area contributed by atoms with Crippen LogP contribution in [0.25, 0.3) is 0 Å². The molecule has 8 nitrogen and oxygen atoms in total. The molecule has 1 aromatic heterocycles. The summed E-state index contributed by atoms with van der Waals surface area (Å²) in [6.45, 7) is 6.96. The number of carbonyl (C=O) groups excluding carboxylic acids is 3. The first-order valence-corrected chi connectivity index (χ1v) is 12.6. The zero-order valence-electron chi connectivity index (χ0n) is 22.3. The third kappa shape index (κ3) is 9.03. The number of ether oxygens (including phenoxy) is 2. The van der Waals surface area contributed by atoms with Gasteiger partial charge >= 0.3 is 12.1 Å². The second-order valence-electron chi connectivity index (χ2n) is 9.98. The van der Waals surface area contributed by atoms with Gasteiger partial charge < -0.3 is 19.7 Å². The molecular formula is C30H35N3O5. The van der Waals surface area contributed by atoms with Crippen LogP contribution in [0.5, 0.6) is 0 Å². The fourth-order valence-corrected chi connectivity index (χ4v) is 3.90. The molecule has 200 valence electrons. The van der Waals surface area contributed by atoms with Gasteiger partial charge in [0.15, 0.2) is 0 Å². The van der Waals surface area contributed by atoms with E-state index in [9.17, 15) is 14.4 Å². The van der Waals surface area contributed by atoms with Crippen molar-refractivity contribution in [2.45, 2.75) is 64.8 Å². The second kappa shape index (κ2) is 13.4. The smallest absolute Gasteiger partial charge is 0.408 e. The van der Waals surface area contributed by atoms with Crippen molar-refractivity contribution in [3.63, 3.8) is 0 Å². The molecule has 0 saturated heterocycles. The van der Waals surface area contributed by atoms with Gasteiger partial charge in [0, 0.05) is 6.20 Å². The van der Waals surface area contributed by atoms with Gasteiger partial charge in [-0.25, -0.2) is 4.79 Å². The molecule has 1 heterocycles. The predicted octanol–water partition coefficient (Wildman–Crippen LogP) is 5.07. The quantitative estimate of drug-likeness (QED) is 0.377. The van der Waals surface area contributed by atoms with E-state index in [2.05, 4.69) is 10.3 Å². The van der Waals surface area contributed by atoms with Crippen LogP contribution >= 0.6 is 0 Å². The summed E-state index contributed by atoms with van der Waals surface area (Å²) in [4.78, 5) is 44.9. The Morgan fingerprint density at radius 3 is 2.13 bits per heavy atom. The number of rotatable bonds is 10. The number of nitrogens with one attached hydrogen (secondary N) is 1. The van der Waals surface area contributed by atoms with E-state index in [-0.39, 0.29) is 13.0 Å². The van der Waals surface area contributed by atoms with E-state index >= 15 is 0 Å². The van der Waals surface area contributed by atoms with Crippen LogP contribution in [0.1, 0.15) is 45.2 Å². The molecule has 3 aromatic rings. The maximum atomic E-state index is 13.8. The molecule has 3 rings (SSSR count). The summed E-state index contributed by atoms with van der Waals surface area (Å²) in [5.41, 5.74) is 1.61. The molecule has 0 bridgehead atoms. The van der Waals surface area contributed by atoms with Crippen molar-refractivity contribution in [2.24, 2.45) is 0 Å². The largest absolute Gasteiger partial charge is 0.461 e. The Bertz CT molecular complexity index is 1180. The second-order valence-corrected chi connectivity index (χ2v) is 9.98. The Labute approximate surface area is 224 Å². The molecule has 0 aliphatic heterocycles. The molecular weight excluding hydrogens is 482 g/mol. The standard InChI is InChI=1S/C30H35N3O5/c1-22(32-29(36)38-30(2,3)4)28(35)33(25-16-11-17-31-20-25)26(18-23-12-7-5-8-13-23)19-27(34)37-21-24-14-9-6-10-15-24/h5-17,20,22,26H,18-19,21H2,1-4H3,(H,32,36)/t22-,26?/m0/s1. The number of alkyl carbamates (subject to hydrolysis) is 1. The summed E-state index contributed by atoms with van der Waals surface area (Å²) in [6.07, 6.45) is 2.80. The van der Waals surface area contributed by atoms with Crippen molar-refractivity contribution in [1.29, 1.82) is 0 Å². The highest BCUT2D eigenvalue weighted by Gasteiger charge is 2.32. The number of esters is 1. The lowest BCUT2D eigenvalue weighted by atomic mass is 10.00. The molecule has 0 spiro atoms. The Balaban J connectivity index is 1.87. The van der Waals surface area contributed by atoms with Gasteiger partial charge in [-0.05, 0) is 57.4 Å². The van der Waals surface area contributed by atoms with Crippen molar-refractivity contribution < 1.29 is 23.9 Å². The van der Waals surface area contributed by atoms with Crippen molar-refractivity contribution in [2.75, 3.05) is 4.90 Å². The van der Waals surface area contributed by atoms with Crippen LogP contribution in [0, 0.1) is 0 Å². The van der Waals surface area contributed by atoms with Gasteiger partial charge in [-0.2, -0.15) is 0 Å². The number of nitrogens with zero attached hydrogens (tertiary/aromatic N) is 2. The number of hydrogen-bond donors (Lipinski definition) is 1. The number of carbonyl (C=O) groups is 3. The lowest BCUT2D eigenvalue weighted by molar-refractivity contribution is -0.145. The molecule has 0 aliphatic carbocycles. The van der Waals surface area contributed by atoms with E-state index in [0.717, 1.165) is 11.1 Å². The maximum absolute atomic E-state index is 13.8. The van der Waals surface area contributed by atoms with Crippen LogP contribution in [0.2, 0.25) is 0 Å². The fraction of sp³-hybridized carbons (Fsp3) is 0.333. The summed E-state index contributed by atoms with van der Waals surface area (Å²) < 4.78 is 10.9. The average Bonchev–Trinajstić information content (AvgIpc) is 2.88. The third-order valence-corrected chi connectivity index (χ3v) is 5.59. The van der Waals surface area contributed by atoms with Gasteiger partial charge in [0.05, 0.1) is 24.3 Å². The molecule has 38 heavy (non-hydrogen) atoms. The van der Waals surface area contributed by atoms with Gasteiger partial charge in [-0.15, -0.1) is 0 Å². The van der Waals surface area contributed by atoms with E-state index in [1.54, 1.807) is 52.2 Å². The van der Waals surface area contributed by atoms with E-state index in [1.807, 2.05) is 60.7 Å². The molecule has 2 amide bonds. The summed E-state index contributed by atoms with van der Waals surface area (Å²) >= 11 is 0. The van der Waals surface area contributed by atoms with E-state index in [0.29, 0.717) is 12.1 Å². The van der Waals surface area contributed by atoms with Crippen molar-refractivity contribution in [3.8, 4) is 0 Å². The summed E-state index contributed by atoms with van der Waals surface area (Å²) in [5, 5.41) is 2.62. The Morgan fingerprint density at radius 1 is 0.921 bits per heavy atom. The number of amides is 2. The summed E-state index contributed by atoms with van der Waals surface area (Å²) in [5.74, 6) is -0.843. The van der Waals surface area contributed by atoms with Crippen LogP contribution in [0.3, 0.4) is 0 Å². The first-order valence-electron chi connectivity index (χ1n) is 12.6. The monoisotopic (exact) mass is 517 g/mol. The zero-order chi connectivity index (χ0) is 27.5. The minimum atomic E-state index is -0.927. The van der Waals surface area contributed by atoms with Gasteiger partial charge in [-0.3, -0.25) is 14.6 Å². The molecule has 0 saturated carbocycles. The zero-order valence-corrected chi connectivity index (χ0v) is 22.3. The Hall–Kier alpha value is -4.20. The van der Waals surface area contributed by atoms with Crippen molar-refractivity contribution >= 4 is 23.7 Å². The lowest BCUT2D eigenvalue weighted by Gasteiger charge is -2.33. The first kappa shape index (κ1) is 28.4. The predicted molar refractivity (Wildman–Crippen MR) is 145 cm³/mol. The fourth-order valence-electron chi connectivity index (χ4n) is 3.90. The molecule has 0 fully saturated rings. The molecule has 1 N–H and O–H groups in total. The van der Waals surface area contributed by atoms with E-state index < -0.39 is 35.7 Å². The lowest BCUT2D eigenvalue weighted by Crippen LogP contribution is -2.52. The number of hydrogen-bond acceptors (Lipinski definition) is 6. The molecule has 0 aliphatic rings. The van der Waals surface area contributed by atoms with Crippen LogP contribution < -0.4 is 10.2 Å². The topological polar surface area (TPSA) is 97.8 Å². The summed E-state index contributed by atoms with van der Waals surface area (Å²) in [6, 6.07) is 21.0. The molecule has 2 atom stereocenters. The first-order chi connectivity index (χ1) is 18.1. The highest BCUT2D eigenvalue weighted by atomic mass is 16.6. The average molecular weight is 518 g/mol. The minimum Gasteiger partial charge on any atom is -0.461 e. The summed E-state index contributed by atoms with van der Waals surface area (Å²) in [7, 11) is 0. The van der Waals surface area contributed by atoms with Crippen molar-refractivity contribution in [1.82, 2.24) is 10.3 Å². The van der Waals surface area contributed by atoms with Crippen molar-refractivity contribution in [3.05, 3.63) is 96.3 Å². The number of anilines is 1. The highest BCUT2D eigenvalue weighted by Crippen LogP contribution is 2.23. The van der Waals surface area contributed by atoms with Gasteiger partial charge in [-0.1, -0.05) is 60.7 Å². The minimum absolute atomic E-state index is 0.0540. The Morgan fingerprint density at radius 2 is 1.55 bits per heavy atom. The van der Waals surface area contributed by atoms with Crippen LogP contribution in [0.4, 0.5) is 10.5 Å². The molecule has 0 radical (unpaired) electrons. The van der Waals surface area contributed by atoms with E-state index in [1.165, 1.54) is 4.90 Å². The van der Waals surface area contributed by atoms with Crippen LogP contribution in [-0.2, 0) is 32.1 Å². The van der Waals surface area contributed by atoms with Gasteiger partial charge in [0.1, 0.15) is 18.2 Å². The number of pyridine rings is 1. The molecule has 2 aromatic carbocycles. The van der Waals surface area contributed by atoms with Gasteiger partial charge in [0.25, 0.3) is 0 Å². The van der Waals surface area contributed by atoms with Crippen LogP contribution in [-0.4, -0.2) is 40.6 Å². The van der Waals surface area contributed by atoms with Crippen LogP contribution in [0.15, 0.2) is 85.2 Å². The molecule has 1 unspecified atom stereocenters. The SMILES string of the molecule is C[C@H](NC(=O)OC(C)(C)C)C(=O)N(c1cccnc1)C(CC(=O)OCc1ccccc1)Cc1ccccc1. The van der Waals surface area contributed by atoms with Gasteiger partial charge in [0.2, 0.25) is 5.91 Å². The highest BCUT2D eigenvalue weighted by molar-refractivity contribution is 5.99. The number of benzene rings is 2. The normalized spacial score (nSPS) is 12.6. The van der Waals surface area contributed by atoms with E-state index in [4.69, 9.17) is 9.47 Å². The maximum Gasteiger partial charge on any atom is 0.408 e. The number of aromatic nitrogens is 1.